The molecule has 2 saturated carbocycles. The lowest BCUT2D eigenvalue weighted by atomic mass is 9.78. The predicted molar refractivity (Wildman–Crippen MR) is 46.3 cm³/mol. The Labute approximate surface area is 82.2 Å². The fraction of sp³-hybridized carbons (Fsp3) is 0.900. The molecule has 3 rings (SSSR count). The van der Waals surface area contributed by atoms with E-state index in [-0.39, 0.29) is 23.9 Å². The van der Waals surface area contributed by atoms with Gasteiger partial charge in [0.15, 0.2) is 0 Å². The molecule has 6 atom stereocenters. The topological polar surface area (TPSA) is 55.8 Å². The fourth-order valence-electron chi connectivity index (χ4n) is 3.61. The monoisotopic (exact) mass is 198 g/mol. The van der Waals surface area contributed by atoms with E-state index in [4.69, 9.17) is 9.47 Å². The fourth-order valence-corrected chi connectivity index (χ4v) is 3.61. The zero-order valence-electron chi connectivity index (χ0n) is 8.05. The van der Waals surface area contributed by atoms with Crippen LogP contribution in [0.25, 0.3) is 0 Å². The third kappa shape index (κ3) is 0.834. The summed E-state index contributed by atoms with van der Waals surface area (Å²) in [4.78, 5) is 11.4. The Hall–Kier alpha value is -0.610. The van der Waals surface area contributed by atoms with E-state index in [0.29, 0.717) is 18.4 Å². The first-order chi connectivity index (χ1) is 6.74. The van der Waals surface area contributed by atoms with Crippen molar-refractivity contribution in [3.8, 4) is 0 Å². The van der Waals surface area contributed by atoms with Gasteiger partial charge in [0, 0.05) is 18.9 Å². The number of hydrogen-bond acceptors (Lipinski definition) is 4. The summed E-state index contributed by atoms with van der Waals surface area (Å²) in [6.07, 6.45) is 0.358. The highest BCUT2D eigenvalue weighted by molar-refractivity contribution is 5.76. The van der Waals surface area contributed by atoms with E-state index >= 15 is 0 Å². The van der Waals surface area contributed by atoms with Crippen molar-refractivity contribution < 1.29 is 19.4 Å². The van der Waals surface area contributed by atoms with Crippen LogP contribution in [0.3, 0.4) is 0 Å². The van der Waals surface area contributed by atoms with Crippen LogP contribution in [0.5, 0.6) is 0 Å². The first-order valence-electron chi connectivity index (χ1n) is 5.11. The lowest BCUT2D eigenvalue weighted by Crippen LogP contribution is -2.43. The van der Waals surface area contributed by atoms with Gasteiger partial charge in [0.2, 0.25) is 0 Å². The zero-order chi connectivity index (χ0) is 9.87. The summed E-state index contributed by atoms with van der Waals surface area (Å²) < 4.78 is 10.3. The van der Waals surface area contributed by atoms with Crippen LogP contribution < -0.4 is 0 Å². The molecule has 0 aromatic heterocycles. The molecule has 3 aliphatic rings. The molecule has 1 N–H and O–H groups in total. The highest BCUT2D eigenvalue weighted by Crippen LogP contribution is 2.55. The number of aliphatic hydroxyl groups excluding tert-OH is 1. The molecule has 4 nitrogen and oxygen atoms in total. The Morgan fingerprint density at radius 2 is 2.21 bits per heavy atom. The summed E-state index contributed by atoms with van der Waals surface area (Å²) in [5.41, 5.74) is 0. The Kier molecular flexibility index (Phi) is 1.67. The summed E-state index contributed by atoms with van der Waals surface area (Å²) in [6.45, 7) is 0.525. The average Bonchev–Trinajstić information content (AvgIpc) is 2.77. The standard InChI is InChI=1S/C10H14O4/c1-13-9-4-2-5(8(9)11)7-6(4)3-14-10(7)12/h4-9,11H,2-3H2,1H3/t4-,5-,6+,7-,8+,9+/m1/s1. The van der Waals surface area contributed by atoms with Crippen LogP contribution in [0.1, 0.15) is 6.42 Å². The van der Waals surface area contributed by atoms with E-state index in [1.807, 2.05) is 0 Å². The van der Waals surface area contributed by atoms with Crippen molar-refractivity contribution in [3.05, 3.63) is 0 Å². The van der Waals surface area contributed by atoms with Crippen molar-refractivity contribution in [3.63, 3.8) is 0 Å². The Balaban J connectivity index is 1.92. The predicted octanol–water partition coefficient (Wildman–Crippen LogP) is -0.199. The number of carbonyl (C=O) groups excluding carboxylic acids is 1. The Morgan fingerprint density at radius 1 is 1.43 bits per heavy atom. The van der Waals surface area contributed by atoms with Gasteiger partial charge in [0.25, 0.3) is 0 Å². The average molecular weight is 198 g/mol. The lowest BCUT2D eigenvalue weighted by molar-refractivity contribution is -0.144. The normalized spacial score (nSPS) is 54.9. The Morgan fingerprint density at radius 3 is 2.93 bits per heavy atom. The maximum Gasteiger partial charge on any atom is 0.309 e. The molecule has 0 amide bonds. The number of fused-ring (bicyclic) bond motifs is 5. The molecule has 3 fully saturated rings. The van der Waals surface area contributed by atoms with Gasteiger partial charge in [0.1, 0.15) is 0 Å². The number of hydrogen-bond donors (Lipinski definition) is 1. The van der Waals surface area contributed by atoms with Crippen molar-refractivity contribution in [2.45, 2.75) is 18.6 Å². The zero-order valence-corrected chi connectivity index (χ0v) is 8.05. The van der Waals surface area contributed by atoms with E-state index in [1.54, 1.807) is 7.11 Å². The third-order valence-electron chi connectivity index (χ3n) is 4.18. The minimum absolute atomic E-state index is 0.0543. The van der Waals surface area contributed by atoms with Gasteiger partial charge in [-0.05, 0) is 12.3 Å². The smallest absolute Gasteiger partial charge is 0.309 e. The van der Waals surface area contributed by atoms with Crippen LogP contribution in [0, 0.1) is 23.7 Å². The van der Waals surface area contributed by atoms with Crippen molar-refractivity contribution in [2.24, 2.45) is 23.7 Å². The minimum Gasteiger partial charge on any atom is -0.465 e. The number of esters is 1. The first kappa shape index (κ1) is 8.68. The molecule has 0 radical (unpaired) electrons. The van der Waals surface area contributed by atoms with Gasteiger partial charge in [-0.25, -0.2) is 0 Å². The molecule has 2 bridgehead atoms. The van der Waals surface area contributed by atoms with E-state index < -0.39 is 6.10 Å². The maximum atomic E-state index is 11.4. The van der Waals surface area contributed by atoms with Gasteiger partial charge < -0.3 is 14.6 Å². The van der Waals surface area contributed by atoms with Gasteiger partial charge in [0.05, 0.1) is 24.7 Å². The SMILES string of the molecule is CO[C@@H]1[C@@H](O)[C@@H]2C[C@@H]1[C@@H]1COC(=O)[C@H]21. The van der Waals surface area contributed by atoms with Crippen molar-refractivity contribution >= 4 is 5.97 Å². The van der Waals surface area contributed by atoms with E-state index in [2.05, 4.69) is 0 Å². The summed E-state index contributed by atoms with van der Waals surface area (Å²) in [5.74, 6) is 0.514. The molecule has 78 valence electrons. The van der Waals surface area contributed by atoms with Gasteiger partial charge in [-0.15, -0.1) is 0 Å². The first-order valence-corrected chi connectivity index (χ1v) is 5.11. The molecular weight excluding hydrogens is 184 g/mol. The molecular formula is C10H14O4. The molecule has 0 spiro atoms. The summed E-state index contributed by atoms with van der Waals surface area (Å²) in [7, 11) is 1.63. The number of rotatable bonds is 1. The third-order valence-corrected chi connectivity index (χ3v) is 4.18. The van der Waals surface area contributed by atoms with Crippen LogP contribution in [0.15, 0.2) is 0 Å². The van der Waals surface area contributed by atoms with Crippen LogP contribution in [-0.2, 0) is 14.3 Å². The number of ether oxygens (including phenoxy) is 2. The van der Waals surface area contributed by atoms with Crippen LogP contribution in [-0.4, -0.2) is 37.0 Å². The molecule has 0 aromatic carbocycles. The molecule has 1 saturated heterocycles. The minimum atomic E-state index is -0.475. The largest absolute Gasteiger partial charge is 0.465 e. The highest BCUT2D eigenvalue weighted by Gasteiger charge is 2.63. The second-order valence-corrected chi connectivity index (χ2v) is 4.57. The van der Waals surface area contributed by atoms with Gasteiger partial charge in [-0.1, -0.05) is 0 Å². The van der Waals surface area contributed by atoms with Crippen molar-refractivity contribution in [1.82, 2.24) is 0 Å². The molecule has 14 heavy (non-hydrogen) atoms. The molecule has 4 heteroatoms. The van der Waals surface area contributed by atoms with Crippen LogP contribution >= 0.6 is 0 Å². The van der Waals surface area contributed by atoms with E-state index in [1.165, 1.54) is 0 Å². The second-order valence-electron chi connectivity index (χ2n) is 4.57. The highest BCUT2D eigenvalue weighted by atomic mass is 16.5. The number of cyclic esters (lactones) is 1. The maximum absolute atomic E-state index is 11.4. The van der Waals surface area contributed by atoms with Gasteiger partial charge in [-0.2, -0.15) is 0 Å². The van der Waals surface area contributed by atoms with Gasteiger partial charge >= 0.3 is 5.97 Å². The van der Waals surface area contributed by atoms with Gasteiger partial charge in [-0.3, -0.25) is 4.79 Å². The van der Waals surface area contributed by atoms with Crippen LogP contribution in [0.2, 0.25) is 0 Å². The Bertz CT molecular complexity index is 277. The number of methoxy groups -OCH3 is 1. The van der Waals surface area contributed by atoms with Crippen molar-refractivity contribution in [1.29, 1.82) is 0 Å². The lowest BCUT2D eigenvalue weighted by Gasteiger charge is -2.31. The molecule has 1 heterocycles. The number of aliphatic hydroxyl groups is 1. The number of carbonyl (C=O) groups is 1. The second kappa shape index (κ2) is 2.70. The molecule has 0 unspecified atom stereocenters. The molecule has 2 aliphatic carbocycles. The summed E-state index contributed by atoms with van der Waals surface area (Å²) in [5, 5.41) is 9.91. The molecule has 1 aliphatic heterocycles. The van der Waals surface area contributed by atoms with Crippen molar-refractivity contribution in [2.75, 3.05) is 13.7 Å². The molecule has 0 aromatic rings. The van der Waals surface area contributed by atoms with E-state index in [9.17, 15) is 9.90 Å². The summed E-state index contributed by atoms with van der Waals surface area (Å²) >= 11 is 0. The van der Waals surface area contributed by atoms with E-state index in [0.717, 1.165) is 6.42 Å². The summed E-state index contributed by atoms with van der Waals surface area (Å²) in [6, 6.07) is 0. The quantitative estimate of drug-likeness (QED) is 0.593. The van der Waals surface area contributed by atoms with Crippen LogP contribution in [0.4, 0.5) is 0 Å².